The summed E-state index contributed by atoms with van der Waals surface area (Å²) >= 11 is 7.06. The van der Waals surface area contributed by atoms with Gasteiger partial charge in [0.2, 0.25) is 0 Å². The number of anilines is 1. The van der Waals surface area contributed by atoms with Crippen molar-refractivity contribution in [2.75, 3.05) is 11.4 Å². The number of amides is 1. The summed E-state index contributed by atoms with van der Waals surface area (Å²) in [5.74, 6) is 0.0966. The SMILES string of the molecule is CCN1C(=C2SC(=S)N(C3CCCCC3)C2=O)C=Cc2ccccc21. The van der Waals surface area contributed by atoms with Gasteiger partial charge in [0.15, 0.2) is 0 Å². The Morgan fingerprint density at radius 3 is 2.68 bits per heavy atom. The van der Waals surface area contributed by atoms with E-state index in [-0.39, 0.29) is 11.9 Å². The van der Waals surface area contributed by atoms with Gasteiger partial charge in [-0.25, -0.2) is 0 Å². The second kappa shape index (κ2) is 6.96. The molecule has 0 atom stereocenters. The zero-order valence-corrected chi connectivity index (χ0v) is 16.0. The van der Waals surface area contributed by atoms with Crippen LogP contribution < -0.4 is 4.90 Å². The van der Waals surface area contributed by atoms with Crippen LogP contribution >= 0.6 is 24.0 Å². The fourth-order valence-corrected chi connectivity index (χ4v) is 5.45. The summed E-state index contributed by atoms with van der Waals surface area (Å²) < 4.78 is 0.725. The van der Waals surface area contributed by atoms with E-state index >= 15 is 0 Å². The van der Waals surface area contributed by atoms with Crippen LogP contribution in [0.25, 0.3) is 6.08 Å². The lowest BCUT2D eigenvalue weighted by Gasteiger charge is -2.31. The van der Waals surface area contributed by atoms with E-state index in [9.17, 15) is 4.79 Å². The molecule has 3 nitrogen and oxygen atoms in total. The van der Waals surface area contributed by atoms with E-state index in [0.29, 0.717) is 0 Å². The maximum Gasteiger partial charge on any atom is 0.268 e. The third-order valence-corrected chi connectivity index (χ3v) is 6.63. The quantitative estimate of drug-likeness (QED) is 0.543. The van der Waals surface area contributed by atoms with E-state index in [1.807, 2.05) is 17.0 Å². The molecule has 3 aliphatic rings. The van der Waals surface area contributed by atoms with Crippen molar-refractivity contribution < 1.29 is 4.79 Å². The van der Waals surface area contributed by atoms with Gasteiger partial charge < -0.3 is 4.90 Å². The second-order valence-corrected chi connectivity index (χ2v) is 8.33. The molecule has 0 spiro atoms. The first-order valence-corrected chi connectivity index (χ1v) is 10.3. The van der Waals surface area contributed by atoms with Crippen LogP contribution in [0.15, 0.2) is 40.9 Å². The molecule has 1 saturated carbocycles. The number of nitrogens with zero attached hydrogens (tertiary/aromatic N) is 2. The molecule has 0 bridgehead atoms. The number of rotatable bonds is 2. The number of hydrogen-bond acceptors (Lipinski definition) is 4. The molecule has 1 amide bonds. The van der Waals surface area contributed by atoms with E-state index in [0.717, 1.165) is 40.0 Å². The summed E-state index contributed by atoms with van der Waals surface area (Å²) in [7, 11) is 0. The Bertz CT molecular complexity index is 778. The molecule has 5 heteroatoms. The van der Waals surface area contributed by atoms with Gasteiger partial charge in [0.05, 0.1) is 5.70 Å². The molecule has 0 unspecified atom stereocenters. The number of carbonyl (C=O) groups excluding carboxylic acids is 1. The fraction of sp³-hybridized carbons (Fsp3) is 0.400. The van der Waals surface area contributed by atoms with Crippen molar-refractivity contribution >= 4 is 46.0 Å². The normalized spacial score (nSPS) is 24.2. The van der Waals surface area contributed by atoms with Crippen LogP contribution in [0.3, 0.4) is 0 Å². The number of carbonyl (C=O) groups is 1. The van der Waals surface area contributed by atoms with Gasteiger partial charge >= 0.3 is 0 Å². The van der Waals surface area contributed by atoms with Crippen molar-refractivity contribution in [3.05, 3.63) is 46.5 Å². The van der Waals surface area contributed by atoms with Gasteiger partial charge in [-0.05, 0) is 37.5 Å². The Morgan fingerprint density at radius 1 is 1.16 bits per heavy atom. The summed E-state index contributed by atoms with van der Waals surface area (Å²) in [4.78, 5) is 18.1. The molecule has 1 aromatic rings. The zero-order chi connectivity index (χ0) is 17.4. The summed E-state index contributed by atoms with van der Waals surface area (Å²) in [6.07, 6.45) is 9.99. The molecule has 1 aromatic carbocycles. The van der Waals surface area contributed by atoms with Gasteiger partial charge in [-0.15, -0.1) is 0 Å². The topological polar surface area (TPSA) is 23.6 Å². The Balaban J connectivity index is 1.71. The van der Waals surface area contributed by atoms with E-state index in [1.54, 1.807) is 0 Å². The minimum Gasteiger partial charge on any atom is -0.340 e. The number of thioether (sulfide) groups is 1. The third-order valence-electron chi connectivity index (χ3n) is 5.23. The van der Waals surface area contributed by atoms with E-state index in [1.165, 1.54) is 36.6 Å². The molecule has 130 valence electrons. The Kier molecular flexibility index (Phi) is 4.69. The first-order valence-electron chi connectivity index (χ1n) is 9.05. The molecule has 0 N–H and O–H groups in total. The highest BCUT2D eigenvalue weighted by Gasteiger charge is 2.40. The summed E-state index contributed by atoms with van der Waals surface area (Å²) in [5.41, 5.74) is 3.33. The van der Waals surface area contributed by atoms with Gasteiger partial charge in [0.25, 0.3) is 5.91 Å². The van der Waals surface area contributed by atoms with E-state index in [4.69, 9.17) is 12.2 Å². The molecule has 0 aromatic heterocycles. The lowest BCUT2D eigenvalue weighted by molar-refractivity contribution is -0.124. The Morgan fingerprint density at radius 2 is 1.92 bits per heavy atom. The van der Waals surface area contributed by atoms with Crippen LogP contribution in [-0.4, -0.2) is 27.7 Å². The number of thiocarbonyl (C=S) groups is 1. The molecule has 2 heterocycles. The molecule has 2 aliphatic heterocycles. The first-order chi connectivity index (χ1) is 12.2. The van der Waals surface area contributed by atoms with Crippen LogP contribution in [0.5, 0.6) is 0 Å². The highest BCUT2D eigenvalue weighted by atomic mass is 32.2. The number of hydrogen-bond donors (Lipinski definition) is 0. The number of allylic oxidation sites excluding steroid dienone is 1. The Labute approximate surface area is 158 Å². The van der Waals surface area contributed by atoms with Crippen LogP contribution in [-0.2, 0) is 4.79 Å². The van der Waals surface area contributed by atoms with Crippen LogP contribution in [0.1, 0.15) is 44.6 Å². The van der Waals surface area contributed by atoms with Gasteiger partial charge in [-0.2, -0.15) is 0 Å². The van der Waals surface area contributed by atoms with Gasteiger partial charge in [-0.1, -0.05) is 67.5 Å². The van der Waals surface area contributed by atoms with Crippen molar-refractivity contribution in [1.29, 1.82) is 0 Å². The molecular weight excluding hydrogens is 348 g/mol. The van der Waals surface area contributed by atoms with Gasteiger partial charge in [-0.3, -0.25) is 9.69 Å². The van der Waals surface area contributed by atoms with Crippen LogP contribution in [0.2, 0.25) is 0 Å². The van der Waals surface area contributed by atoms with Crippen LogP contribution in [0, 0.1) is 0 Å². The monoisotopic (exact) mass is 370 g/mol. The zero-order valence-electron chi connectivity index (χ0n) is 14.4. The lowest BCUT2D eigenvalue weighted by atomic mass is 9.94. The maximum absolute atomic E-state index is 13.2. The van der Waals surface area contributed by atoms with E-state index < -0.39 is 0 Å². The highest BCUT2D eigenvalue weighted by Crippen LogP contribution is 2.41. The maximum atomic E-state index is 13.2. The number of benzene rings is 1. The minimum atomic E-state index is 0.0966. The molecule has 2 fully saturated rings. The van der Waals surface area contributed by atoms with Crippen molar-refractivity contribution in [2.45, 2.75) is 45.1 Å². The standard InChI is InChI=1S/C20H22N2OS2/c1-2-21-16-11-7-6-8-14(16)12-13-17(21)18-19(23)22(20(24)25-18)15-9-4-3-5-10-15/h6-8,11-13,15H,2-5,9-10H2,1H3. The molecule has 1 saturated heterocycles. The summed E-state index contributed by atoms with van der Waals surface area (Å²) in [5, 5.41) is 0. The fourth-order valence-electron chi connectivity index (χ4n) is 3.99. The van der Waals surface area contributed by atoms with Crippen molar-refractivity contribution in [2.24, 2.45) is 0 Å². The molecule has 25 heavy (non-hydrogen) atoms. The van der Waals surface area contributed by atoms with Crippen molar-refractivity contribution in [3.8, 4) is 0 Å². The van der Waals surface area contributed by atoms with Gasteiger partial charge in [0, 0.05) is 18.3 Å². The van der Waals surface area contributed by atoms with E-state index in [2.05, 4.69) is 36.1 Å². The van der Waals surface area contributed by atoms with Crippen LogP contribution in [0.4, 0.5) is 5.69 Å². The number of para-hydroxylation sites is 1. The molecular formula is C20H22N2OS2. The minimum absolute atomic E-state index is 0.0966. The number of fused-ring (bicyclic) bond motifs is 1. The average Bonchev–Trinajstić information content (AvgIpc) is 2.95. The summed E-state index contributed by atoms with van der Waals surface area (Å²) in [6.45, 7) is 2.95. The van der Waals surface area contributed by atoms with Crippen molar-refractivity contribution in [1.82, 2.24) is 4.90 Å². The average molecular weight is 371 g/mol. The third kappa shape index (κ3) is 2.93. The summed E-state index contributed by atoms with van der Waals surface area (Å²) in [6, 6.07) is 8.60. The molecule has 4 rings (SSSR count). The highest BCUT2D eigenvalue weighted by molar-refractivity contribution is 8.26. The predicted molar refractivity (Wildman–Crippen MR) is 109 cm³/mol. The predicted octanol–water partition coefficient (Wildman–Crippen LogP) is 4.94. The number of likely N-dealkylation sites (N-methyl/N-ethyl adjacent to an activating group) is 1. The largest absolute Gasteiger partial charge is 0.340 e. The lowest BCUT2D eigenvalue weighted by Crippen LogP contribution is -2.40. The first kappa shape index (κ1) is 16.9. The second-order valence-electron chi connectivity index (χ2n) is 6.69. The van der Waals surface area contributed by atoms with Crippen molar-refractivity contribution in [3.63, 3.8) is 0 Å². The smallest absolute Gasteiger partial charge is 0.268 e. The molecule has 0 radical (unpaired) electrons. The Hall–Kier alpha value is -1.59. The molecule has 1 aliphatic carbocycles. The van der Waals surface area contributed by atoms with Gasteiger partial charge in [0.1, 0.15) is 9.23 Å².